The van der Waals surface area contributed by atoms with E-state index in [9.17, 15) is 13.5 Å². The van der Waals surface area contributed by atoms with Gasteiger partial charge in [-0.3, -0.25) is 4.90 Å². The molecule has 4 aromatic carbocycles. The predicted molar refractivity (Wildman–Crippen MR) is 163 cm³/mol. The average molecular weight is 575 g/mol. The summed E-state index contributed by atoms with van der Waals surface area (Å²) in [5, 5.41) is 11.7. The van der Waals surface area contributed by atoms with Crippen LogP contribution >= 0.6 is 0 Å². The second-order valence-electron chi connectivity index (χ2n) is 11.6. The van der Waals surface area contributed by atoms with E-state index in [1.165, 1.54) is 19.3 Å². The molecule has 0 spiro atoms. The number of aromatic hydroxyl groups is 1. The lowest BCUT2D eigenvalue weighted by Crippen LogP contribution is -2.40. The van der Waals surface area contributed by atoms with Gasteiger partial charge < -0.3 is 14.6 Å². The molecule has 1 fully saturated rings. The Bertz CT molecular complexity index is 1590. The van der Waals surface area contributed by atoms with Crippen molar-refractivity contribution in [3.63, 3.8) is 0 Å². The van der Waals surface area contributed by atoms with Crippen LogP contribution in [0.25, 0.3) is 21.9 Å². The Kier molecular flexibility index (Phi) is 8.54. The molecule has 1 aliphatic heterocycles. The van der Waals surface area contributed by atoms with Gasteiger partial charge in [-0.15, -0.1) is 0 Å². The van der Waals surface area contributed by atoms with Crippen LogP contribution in [0.15, 0.2) is 83.8 Å². The minimum absolute atomic E-state index is 0.170. The van der Waals surface area contributed by atoms with Crippen LogP contribution in [0.2, 0.25) is 0 Å². The number of piperidine rings is 1. The molecule has 0 aliphatic carbocycles. The number of nitrogens with one attached hydrogen (secondary N) is 1. The van der Waals surface area contributed by atoms with Gasteiger partial charge in [0.2, 0.25) is 10.0 Å². The summed E-state index contributed by atoms with van der Waals surface area (Å²) in [5.41, 5.74) is 1.02. The van der Waals surface area contributed by atoms with Crippen molar-refractivity contribution >= 4 is 20.8 Å². The second-order valence-corrected chi connectivity index (χ2v) is 13.2. The molecule has 0 amide bonds. The van der Waals surface area contributed by atoms with E-state index >= 15 is 0 Å². The Hall–Kier alpha value is -3.59. The molecule has 0 aromatic heterocycles. The third-order valence-electron chi connectivity index (χ3n) is 7.04. The monoisotopic (exact) mass is 574 g/mol. The van der Waals surface area contributed by atoms with Gasteiger partial charge in [-0.25, -0.2) is 13.1 Å². The smallest absolute Gasteiger partial charge is 0.241 e. The van der Waals surface area contributed by atoms with Crippen LogP contribution in [0.1, 0.15) is 40.0 Å². The lowest BCUT2D eigenvalue weighted by atomic mass is 9.99. The number of ether oxygens (including phenoxy) is 2. The van der Waals surface area contributed by atoms with Gasteiger partial charge in [0, 0.05) is 23.0 Å². The van der Waals surface area contributed by atoms with Crippen LogP contribution < -0.4 is 14.2 Å². The lowest BCUT2D eigenvalue weighted by Gasteiger charge is -2.26. The first-order valence-corrected chi connectivity index (χ1v) is 15.6. The third-order valence-corrected chi connectivity index (χ3v) is 8.81. The molecular formula is C33H38N2O5S. The highest BCUT2D eigenvalue weighted by Crippen LogP contribution is 2.41. The first kappa shape index (κ1) is 28.9. The van der Waals surface area contributed by atoms with Gasteiger partial charge in [0.05, 0.1) is 4.90 Å². The summed E-state index contributed by atoms with van der Waals surface area (Å²) < 4.78 is 40.8. The molecular weight excluding hydrogens is 536 g/mol. The fraction of sp³-hybridized carbons (Fsp3) is 0.333. The molecule has 2 N–H and O–H groups in total. The molecule has 1 saturated heterocycles. The Morgan fingerprint density at radius 2 is 1.54 bits per heavy atom. The molecule has 216 valence electrons. The van der Waals surface area contributed by atoms with Crippen molar-refractivity contribution in [1.29, 1.82) is 0 Å². The minimum atomic E-state index is -3.66. The standard InChI is InChI=1S/C33H38N2O5S/c1-33(2,3)34-41(37,38)29-15-7-24(8-16-29)30-17-9-25-23-26(36)10-18-31(25)32(30)40-28-13-11-27(12-14-28)39-22-21-35-19-5-4-6-20-35/h7-18,23,34,36H,4-6,19-22H2,1-3H3. The summed E-state index contributed by atoms with van der Waals surface area (Å²) in [6.07, 6.45) is 3.85. The Morgan fingerprint density at radius 1 is 0.854 bits per heavy atom. The summed E-state index contributed by atoms with van der Waals surface area (Å²) in [4.78, 5) is 2.64. The fourth-order valence-electron chi connectivity index (χ4n) is 5.10. The number of sulfonamides is 1. The van der Waals surface area contributed by atoms with Gasteiger partial charge in [-0.1, -0.05) is 24.6 Å². The van der Waals surface area contributed by atoms with E-state index in [-0.39, 0.29) is 10.6 Å². The van der Waals surface area contributed by atoms with Crippen molar-refractivity contribution in [1.82, 2.24) is 9.62 Å². The van der Waals surface area contributed by atoms with Crippen LogP contribution in [0.4, 0.5) is 0 Å². The molecule has 0 saturated carbocycles. The quantitative estimate of drug-likeness (QED) is 0.225. The number of nitrogens with zero attached hydrogens (tertiary/aromatic N) is 1. The minimum Gasteiger partial charge on any atom is -0.508 e. The Labute approximate surface area is 242 Å². The largest absolute Gasteiger partial charge is 0.508 e. The van der Waals surface area contributed by atoms with Gasteiger partial charge in [-0.2, -0.15) is 0 Å². The van der Waals surface area contributed by atoms with Crippen LogP contribution in [0.3, 0.4) is 0 Å². The van der Waals surface area contributed by atoms with E-state index < -0.39 is 15.6 Å². The van der Waals surface area contributed by atoms with E-state index in [1.807, 2.05) is 63.2 Å². The predicted octanol–water partition coefficient (Wildman–Crippen LogP) is 6.95. The van der Waals surface area contributed by atoms with Crippen LogP contribution in [0, 0.1) is 0 Å². The van der Waals surface area contributed by atoms with E-state index in [1.54, 1.807) is 36.4 Å². The number of benzene rings is 4. The zero-order chi connectivity index (χ0) is 29.0. The van der Waals surface area contributed by atoms with E-state index in [4.69, 9.17) is 9.47 Å². The first-order valence-electron chi connectivity index (χ1n) is 14.1. The summed E-state index contributed by atoms with van der Waals surface area (Å²) in [7, 11) is -3.66. The highest BCUT2D eigenvalue weighted by molar-refractivity contribution is 7.89. The van der Waals surface area contributed by atoms with Crippen LogP contribution in [-0.4, -0.2) is 50.2 Å². The summed E-state index contributed by atoms with van der Waals surface area (Å²) in [6, 6.07) is 23.3. The zero-order valence-electron chi connectivity index (χ0n) is 23.9. The maximum Gasteiger partial charge on any atom is 0.241 e. The lowest BCUT2D eigenvalue weighted by molar-refractivity contribution is 0.183. The third kappa shape index (κ3) is 7.38. The van der Waals surface area contributed by atoms with E-state index in [2.05, 4.69) is 9.62 Å². The van der Waals surface area contributed by atoms with Gasteiger partial charge in [0.25, 0.3) is 0 Å². The Balaban J connectivity index is 1.39. The summed E-state index contributed by atoms with van der Waals surface area (Å²) in [6.45, 7) is 9.30. The van der Waals surface area contributed by atoms with Crippen molar-refractivity contribution < 1.29 is 23.0 Å². The SMILES string of the molecule is CC(C)(C)NS(=O)(=O)c1ccc(-c2ccc3cc(O)ccc3c2Oc2ccc(OCCN3CCCCC3)cc2)cc1. The number of rotatable bonds is 9. The number of likely N-dealkylation sites (tertiary alicyclic amines) is 1. The molecule has 4 aromatic rings. The van der Waals surface area contributed by atoms with Crippen molar-refractivity contribution in [2.45, 2.75) is 50.5 Å². The molecule has 5 rings (SSSR count). The average Bonchev–Trinajstić information content (AvgIpc) is 2.93. The van der Waals surface area contributed by atoms with Gasteiger partial charge >= 0.3 is 0 Å². The van der Waals surface area contributed by atoms with Crippen molar-refractivity contribution in [2.75, 3.05) is 26.2 Å². The number of hydrogen-bond acceptors (Lipinski definition) is 6. The maximum absolute atomic E-state index is 12.8. The molecule has 0 bridgehead atoms. The number of phenolic OH excluding ortho intramolecular Hbond substituents is 1. The first-order chi connectivity index (χ1) is 19.6. The summed E-state index contributed by atoms with van der Waals surface area (Å²) >= 11 is 0. The summed E-state index contributed by atoms with van der Waals surface area (Å²) in [5.74, 6) is 2.22. The van der Waals surface area contributed by atoms with Crippen molar-refractivity contribution in [3.05, 3.63) is 78.9 Å². The number of phenols is 1. The fourth-order valence-corrected chi connectivity index (χ4v) is 6.52. The highest BCUT2D eigenvalue weighted by Gasteiger charge is 2.22. The maximum atomic E-state index is 12.8. The van der Waals surface area contributed by atoms with E-state index in [0.29, 0.717) is 18.1 Å². The molecule has 1 aliphatic rings. The molecule has 7 nitrogen and oxygen atoms in total. The number of fused-ring (bicyclic) bond motifs is 1. The van der Waals surface area contributed by atoms with Gasteiger partial charge in [0.15, 0.2) is 0 Å². The van der Waals surface area contributed by atoms with Gasteiger partial charge in [0.1, 0.15) is 29.6 Å². The highest BCUT2D eigenvalue weighted by atomic mass is 32.2. The topological polar surface area (TPSA) is 88.1 Å². The zero-order valence-corrected chi connectivity index (χ0v) is 24.7. The normalized spacial score (nSPS) is 14.7. The Morgan fingerprint density at radius 3 is 2.22 bits per heavy atom. The van der Waals surface area contributed by atoms with Crippen LogP contribution in [-0.2, 0) is 10.0 Å². The van der Waals surface area contributed by atoms with Crippen molar-refractivity contribution in [2.24, 2.45) is 0 Å². The van der Waals surface area contributed by atoms with E-state index in [0.717, 1.165) is 47.3 Å². The molecule has 1 heterocycles. The second kappa shape index (κ2) is 12.1. The molecule has 8 heteroatoms. The number of hydrogen-bond donors (Lipinski definition) is 2. The van der Waals surface area contributed by atoms with Crippen LogP contribution in [0.5, 0.6) is 23.0 Å². The van der Waals surface area contributed by atoms with Crippen molar-refractivity contribution in [3.8, 4) is 34.1 Å². The van der Waals surface area contributed by atoms with Gasteiger partial charge in [-0.05, 0) is 118 Å². The molecule has 0 atom stereocenters. The molecule has 41 heavy (non-hydrogen) atoms. The molecule has 0 unspecified atom stereocenters. The molecule has 0 radical (unpaired) electrons.